The first-order chi connectivity index (χ1) is 15.3. The minimum Gasteiger partial charge on any atom is -0.490 e. The maximum Gasteiger partial charge on any atom is 0.407 e. The Morgan fingerprint density at radius 1 is 1.12 bits per heavy atom. The molecule has 6 nitrogen and oxygen atoms in total. The quantitative estimate of drug-likeness (QED) is 0.341. The Morgan fingerprint density at radius 3 is 2.30 bits per heavy atom. The van der Waals surface area contributed by atoms with Crippen molar-refractivity contribution in [3.63, 3.8) is 0 Å². The zero-order valence-electron chi connectivity index (χ0n) is 22.4. The van der Waals surface area contributed by atoms with Gasteiger partial charge < -0.3 is 19.7 Å². The molecule has 0 aliphatic rings. The van der Waals surface area contributed by atoms with Gasteiger partial charge in [0.2, 0.25) is 0 Å². The fourth-order valence-corrected chi connectivity index (χ4v) is 3.35. The van der Waals surface area contributed by atoms with Gasteiger partial charge in [-0.3, -0.25) is 4.99 Å². The topological polar surface area (TPSA) is 63.2 Å². The van der Waals surface area contributed by atoms with Crippen molar-refractivity contribution < 1.29 is 14.3 Å². The van der Waals surface area contributed by atoms with E-state index in [4.69, 9.17) is 14.5 Å². The molecule has 0 bridgehead atoms. The van der Waals surface area contributed by atoms with Gasteiger partial charge in [-0.2, -0.15) is 0 Å². The molecule has 0 aliphatic carbocycles. The van der Waals surface area contributed by atoms with Crippen LogP contribution >= 0.6 is 0 Å². The first-order valence-corrected chi connectivity index (χ1v) is 12.3. The number of hydrogen-bond acceptors (Lipinski definition) is 5. The van der Waals surface area contributed by atoms with Crippen LogP contribution in [0.2, 0.25) is 0 Å². The second-order valence-corrected chi connectivity index (χ2v) is 10.6. The van der Waals surface area contributed by atoms with Gasteiger partial charge in [-0.15, -0.1) is 0 Å². The van der Waals surface area contributed by atoms with E-state index >= 15 is 0 Å². The molecule has 0 heterocycles. The smallest absolute Gasteiger partial charge is 0.407 e. The second kappa shape index (κ2) is 13.5. The lowest BCUT2D eigenvalue weighted by atomic mass is 10.0. The maximum atomic E-state index is 11.9. The van der Waals surface area contributed by atoms with Crippen LogP contribution in [0.4, 0.5) is 10.5 Å². The molecule has 2 unspecified atom stereocenters. The lowest BCUT2D eigenvalue weighted by Gasteiger charge is -2.29. The average Bonchev–Trinajstić information content (AvgIpc) is 2.71. The third kappa shape index (κ3) is 12.5. The van der Waals surface area contributed by atoms with Gasteiger partial charge in [0.05, 0.1) is 5.54 Å². The summed E-state index contributed by atoms with van der Waals surface area (Å²) in [4.78, 5) is 18.9. The van der Waals surface area contributed by atoms with Gasteiger partial charge in [0, 0.05) is 38.5 Å². The molecule has 0 fully saturated rings. The van der Waals surface area contributed by atoms with Crippen LogP contribution in [0.3, 0.4) is 0 Å². The number of carbonyl (C=O) groups excluding carboxylic acids is 1. The summed E-state index contributed by atoms with van der Waals surface area (Å²) in [6, 6.07) is 8.22. The van der Waals surface area contributed by atoms with Crippen molar-refractivity contribution in [2.45, 2.75) is 98.3 Å². The van der Waals surface area contributed by atoms with Crippen LogP contribution < -0.4 is 15.0 Å². The Labute approximate surface area is 202 Å². The Kier molecular flexibility index (Phi) is 11.7. The predicted molar refractivity (Wildman–Crippen MR) is 140 cm³/mol. The summed E-state index contributed by atoms with van der Waals surface area (Å²) in [6.07, 6.45) is 5.52. The van der Waals surface area contributed by atoms with Gasteiger partial charge in [0.1, 0.15) is 17.5 Å². The third-order valence-electron chi connectivity index (χ3n) is 5.27. The molecule has 2 atom stereocenters. The number of likely N-dealkylation sites (N-methyl/N-ethyl adjacent to an activating group) is 1. The minimum absolute atomic E-state index is 0.0438. The standard InChI is InChI=1S/C27H47N3O3/c1-10-12-23(17-18-28-25(31)33-26(4,5)6)32-24-15-13-22(14-16-24)30(9)20-27(7,8)29-19-21(3)11-2/h13-16,19,21,23H,10-12,17-18,20H2,1-9H3,(H,28,31). The molecule has 1 rings (SSSR count). The van der Waals surface area contributed by atoms with E-state index in [1.54, 1.807) is 0 Å². The molecule has 33 heavy (non-hydrogen) atoms. The number of alkyl carbamates (subject to hydrolysis) is 1. The lowest BCUT2D eigenvalue weighted by Crippen LogP contribution is -2.35. The molecule has 1 N–H and O–H groups in total. The fraction of sp³-hybridized carbons (Fsp3) is 0.704. The highest BCUT2D eigenvalue weighted by atomic mass is 16.6. The Bertz CT molecular complexity index is 723. The third-order valence-corrected chi connectivity index (χ3v) is 5.27. The van der Waals surface area contributed by atoms with Crippen molar-refractivity contribution in [1.82, 2.24) is 5.32 Å². The van der Waals surface area contributed by atoms with Crippen LogP contribution in [0.25, 0.3) is 0 Å². The van der Waals surface area contributed by atoms with E-state index in [2.05, 4.69) is 70.2 Å². The zero-order valence-corrected chi connectivity index (χ0v) is 22.4. The number of rotatable bonds is 13. The van der Waals surface area contributed by atoms with E-state index in [-0.39, 0.29) is 17.7 Å². The molecule has 0 spiro atoms. The van der Waals surface area contributed by atoms with Crippen LogP contribution in [0.5, 0.6) is 5.75 Å². The van der Waals surface area contributed by atoms with Crippen molar-refractivity contribution in [2.75, 3.05) is 25.0 Å². The van der Waals surface area contributed by atoms with Crippen molar-refractivity contribution >= 4 is 18.0 Å². The van der Waals surface area contributed by atoms with Gasteiger partial charge >= 0.3 is 6.09 Å². The Morgan fingerprint density at radius 2 is 1.76 bits per heavy atom. The van der Waals surface area contributed by atoms with Crippen LogP contribution in [-0.2, 0) is 4.74 Å². The number of aliphatic imine (C=N–C) groups is 1. The number of nitrogens with zero attached hydrogens (tertiary/aromatic N) is 2. The summed E-state index contributed by atoms with van der Waals surface area (Å²) >= 11 is 0. The van der Waals surface area contributed by atoms with E-state index in [0.29, 0.717) is 12.5 Å². The molecule has 0 radical (unpaired) electrons. The second-order valence-electron chi connectivity index (χ2n) is 10.6. The zero-order chi connectivity index (χ0) is 25.1. The van der Waals surface area contributed by atoms with Gasteiger partial charge in [-0.05, 0) is 77.6 Å². The van der Waals surface area contributed by atoms with E-state index in [0.717, 1.165) is 43.7 Å². The van der Waals surface area contributed by atoms with Crippen molar-refractivity contribution in [3.8, 4) is 5.75 Å². The summed E-state index contributed by atoms with van der Waals surface area (Å²) < 4.78 is 11.5. The van der Waals surface area contributed by atoms with E-state index in [1.807, 2.05) is 32.9 Å². The van der Waals surface area contributed by atoms with E-state index in [9.17, 15) is 4.79 Å². The fourth-order valence-electron chi connectivity index (χ4n) is 3.35. The normalized spacial score (nSPS) is 14.1. The van der Waals surface area contributed by atoms with Crippen molar-refractivity contribution in [2.24, 2.45) is 10.9 Å². The number of benzene rings is 1. The first kappa shape index (κ1) is 28.8. The molecule has 0 saturated heterocycles. The van der Waals surface area contributed by atoms with Crippen LogP contribution in [0, 0.1) is 5.92 Å². The number of amides is 1. The number of nitrogens with one attached hydrogen (secondary N) is 1. The van der Waals surface area contributed by atoms with Crippen LogP contribution in [-0.4, -0.2) is 49.7 Å². The highest BCUT2D eigenvalue weighted by molar-refractivity contribution is 5.67. The summed E-state index contributed by atoms with van der Waals surface area (Å²) in [5.41, 5.74) is 0.488. The number of ether oxygens (including phenoxy) is 2. The predicted octanol–water partition coefficient (Wildman–Crippen LogP) is 6.48. The average molecular weight is 462 g/mol. The maximum absolute atomic E-state index is 11.9. The molecule has 0 saturated carbocycles. The van der Waals surface area contributed by atoms with E-state index < -0.39 is 5.60 Å². The van der Waals surface area contributed by atoms with Crippen molar-refractivity contribution in [3.05, 3.63) is 24.3 Å². The molecule has 0 aromatic heterocycles. The molecule has 1 aromatic rings. The van der Waals surface area contributed by atoms with Gasteiger partial charge in [-0.25, -0.2) is 4.79 Å². The SMILES string of the molecule is CCCC(CCNC(=O)OC(C)(C)C)Oc1ccc(N(C)CC(C)(C)N=CC(C)CC)cc1. The summed E-state index contributed by atoms with van der Waals surface area (Å²) in [7, 11) is 2.10. The summed E-state index contributed by atoms with van der Waals surface area (Å²) in [6.45, 7) is 17.8. The molecule has 6 heteroatoms. The monoisotopic (exact) mass is 461 g/mol. The van der Waals surface area contributed by atoms with Crippen LogP contribution in [0.15, 0.2) is 29.3 Å². The van der Waals surface area contributed by atoms with Crippen molar-refractivity contribution in [1.29, 1.82) is 0 Å². The summed E-state index contributed by atoms with van der Waals surface area (Å²) in [5.74, 6) is 1.35. The molecule has 1 amide bonds. The highest BCUT2D eigenvalue weighted by Gasteiger charge is 2.19. The molecule has 188 valence electrons. The van der Waals surface area contributed by atoms with Gasteiger partial charge in [-0.1, -0.05) is 27.2 Å². The number of hydrogen-bond donors (Lipinski definition) is 1. The Balaban J connectivity index is 2.63. The van der Waals surface area contributed by atoms with Gasteiger partial charge in [0.15, 0.2) is 0 Å². The Hall–Kier alpha value is -2.24. The molecule has 1 aromatic carbocycles. The van der Waals surface area contributed by atoms with E-state index in [1.165, 1.54) is 0 Å². The van der Waals surface area contributed by atoms with Crippen LogP contribution in [0.1, 0.15) is 81.1 Å². The minimum atomic E-state index is -0.492. The first-order valence-electron chi connectivity index (χ1n) is 12.3. The van der Waals surface area contributed by atoms with Gasteiger partial charge in [0.25, 0.3) is 0 Å². The molecular weight excluding hydrogens is 414 g/mol. The lowest BCUT2D eigenvalue weighted by molar-refractivity contribution is 0.0520. The largest absolute Gasteiger partial charge is 0.490 e. The number of anilines is 1. The molecular formula is C27H47N3O3. The summed E-state index contributed by atoms with van der Waals surface area (Å²) in [5, 5.41) is 2.82. The highest BCUT2D eigenvalue weighted by Crippen LogP contribution is 2.23. The molecule has 0 aliphatic heterocycles. The number of carbonyl (C=O) groups is 1.